The number of benzene rings is 1. The standard InChI is InChI=1S/C13H16O4.Cu/c1-3-4-5-9-6-8(2)11(13(16)17)10(7-9)12(14)15;/h6-7H,3-5H2,1-2H3,(H,14,15)(H,16,17);. The van der Waals surface area contributed by atoms with Crippen LogP contribution in [0.15, 0.2) is 12.1 Å². The SMILES string of the molecule is CCCCc1cc(C)c(C(=O)O)c(C(=O)O)c1.[Cu]. The predicted octanol–water partition coefficient (Wildman–Crippen LogP) is 2.73. The van der Waals surface area contributed by atoms with Crippen molar-refractivity contribution in [3.8, 4) is 0 Å². The molecule has 0 aliphatic carbocycles. The first-order valence-corrected chi connectivity index (χ1v) is 5.57. The Morgan fingerprint density at radius 1 is 1.17 bits per heavy atom. The third-order valence-electron chi connectivity index (χ3n) is 2.66. The van der Waals surface area contributed by atoms with E-state index < -0.39 is 11.9 Å². The van der Waals surface area contributed by atoms with E-state index in [2.05, 4.69) is 6.92 Å². The largest absolute Gasteiger partial charge is 0.478 e. The van der Waals surface area contributed by atoms with Gasteiger partial charge in [-0.15, -0.1) is 0 Å². The van der Waals surface area contributed by atoms with Gasteiger partial charge in [-0.2, -0.15) is 0 Å². The molecule has 0 aliphatic heterocycles. The molecule has 0 unspecified atom stereocenters. The van der Waals surface area contributed by atoms with Crippen molar-refractivity contribution in [2.45, 2.75) is 33.1 Å². The van der Waals surface area contributed by atoms with Crippen molar-refractivity contribution in [2.24, 2.45) is 0 Å². The van der Waals surface area contributed by atoms with Crippen molar-refractivity contribution < 1.29 is 36.9 Å². The molecule has 0 amide bonds. The number of carbonyl (C=O) groups is 2. The minimum atomic E-state index is -1.19. The number of aryl methyl sites for hydroxylation is 2. The van der Waals surface area contributed by atoms with Crippen LogP contribution in [-0.2, 0) is 23.5 Å². The Morgan fingerprint density at radius 3 is 2.22 bits per heavy atom. The molecular formula is C13H16CuO4. The molecule has 4 nitrogen and oxygen atoms in total. The van der Waals surface area contributed by atoms with E-state index in [0.717, 1.165) is 24.8 Å². The van der Waals surface area contributed by atoms with Crippen LogP contribution in [0.3, 0.4) is 0 Å². The molecule has 0 spiro atoms. The van der Waals surface area contributed by atoms with Gasteiger partial charge in [-0.05, 0) is 37.0 Å². The van der Waals surface area contributed by atoms with Crippen LogP contribution in [-0.4, -0.2) is 22.2 Å². The molecule has 2 N–H and O–H groups in total. The molecule has 1 radical (unpaired) electrons. The van der Waals surface area contributed by atoms with Crippen molar-refractivity contribution in [1.82, 2.24) is 0 Å². The third-order valence-corrected chi connectivity index (χ3v) is 2.66. The van der Waals surface area contributed by atoms with E-state index in [9.17, 15) is 9.59 Å². The Morgan fingerprint density at radius 2 is 1.78 bits per heavy atom. The molecular weight excluding hydrogens is 284 g/mol. The zero-order valence-electron chi connectivity index (χ0n) is 10.3. The minimum Gasteiger partial charge on any atom is -0.478 e. The maximum absolute atomic E-state index is 11.0. The molecule has 0 aromatic heterocycles. The minimum absolute atomic E-state index is 0. The fraction of sp³-hybridized carbons (Fsp3) is 0.385. The van der Waals surface area contributed by atoms with Crippen molar-refractivity contribution in [3.63, 3.8) is 0 Å². The molecule has 1 aromatic rings. The summed E-state index contributed by atoms with van der Waals surface area (Å²) in [5.74, 6) is -2.38. The number of hydrogen-bond acceptors (Lipinski definition) is 2. The van der Waals surface area contributed by atoms with E-state index in [0.29, 0.717) is 5.56 Å². The van der Waals surface area contributed by atoms with Gasteiger partial charge in [-0.3, -0.25) is 0 Å². The van der Waals surface area contributed by atoms with Gasteiger partial charge < -0.3 is 10.2 Å². The summed E-state index contributed by atoms with van der Waals surface area (Å²) in [4.78, 5) is 22.1. The molecule has 1 rings (SSSR count). The molecule has 0 fully saturated rings. The number of aromatic carboxylic acids is 2. The van der Waals surface area contributed by atoms with E-state index in [1.807, 2.05) is 0 Å². The first-order chi connectivity index (χ1) is 7.97. The number of rotatable bonds is 5. The molecule has 18 heavy (non-hydrogen) atoms. The van der Waals surface area contributed by atoms with E-state index in [1.54, 1.807) is 13.0 Å². The Kier molecular flexibility index (Phi) is 6.66. The summed E-state index contributed by atoms with van der Waals surface area (Å²) < 4.78 is 0. The topological polar surface area (TPSA) is 74.6 Å². The van der Waals surface area contributed by atoms with Crippen LogP contribution in [0.25, 0.3) is 0 Å². The van der Waals surface area contributed by atoms with Gasteiger partial charge in [0.25, 0.3) is 0 Å². The van der Waals surface area contributed by atoms with Gasteiger partial charge in [0.1, 0.15) is 0 Å². The number of carboxylic acids is 2. The summed E-state index contributed by atoms with van der Waals surface area (Å²) in [6, 6.07) is 3.22. The van der Waals surface area contributed by atoms with Crippen LogP contribution in [0, 0.1) is 6.92 Å². The van der Waals surface area contributed by atoms with E-state index >= 15 is 0 Å². The zero-order chi connectivity index (χ0) is 13.0. The number of hydrogen-bond donors (Lipinski definition) is 2. The molecule has 0 aliphatic rings. The summed E-state index contributed by atoms with van der Waals surface area (Å²) in [6.45, 7) is 3.68. The maximum atomic E-state index is 11.0. The second-order valence-corrected chi connectivity index (χ2v) is 4.05. The van der Waals surface area contributed by atoms with E-state index in [1.165, 1.54) is 6.07 Å². The quantitative estimate of drug-likeness (QED) is 0.820. The molecule has 0 atom stereocenters. The van der Waals surface area contributed by atoms with Gasteiger partial charge in [-0.25, -0.2) is 9.59 Å². The van der Waals surface area contributed by atoms with Gasteiger partial charge in [0.05, 0.1) is 11.1 Å². The molecule has 5 heteroatoms. The molecule has 0 heterocycles. The normalized spacial score (nSPS) is 9.67. The first-order valence-electron chi connectivity index (χ1n) is 5.57. The summed E-state index contributed by atoms with van der Waals surface area (Å²) in [7, 11) is 0. The van der Waals surface area contributed by atoms with Crippen molar-refractivity contribution in [3.05, 3.63) is 34.4 Å². The average Bonchev–Trinajstić information content (AvgIpc) is 2.24. The van der Waals surface area contributed by atoms with E-state index in [4.69, 9.17) is 10.2 Å². The molecule has 103 valence electrons. The van der Waals surface area contributed by atoms with Crippen molar-refractivity contribution in [2.75, 3.05) is 0 Å². The summed E-state index contributed by atoms with van der Waals surface area (Å²) in [5, 5.41) is 18.0. The first kappa shape index (κ1) is 16.7. The predicted molar refractivity (Wildman–Crippen MR) is 63.7 cm³/mol. The molecule has 0 bridgehead atoms. The van der Waals surface area contributed by atoms with Gasteiger partial charge in [-0.1, -0.05) is 19.4 Å². The Hall–Kier alpha value is -1.32. The zero-order valence-corrected chi connectivity index (χ0v) is 11.2. The summed E-state index contributed by atoms with van der Waals surface area (Å²) in [5.41, 5.74) is 1.15. The summed E-state index contributed by atoms with van der Waals surface area (Å²) >= 11 is 0. The van der Waals surface area contributed by atoms with Crippen LogP contribution >= 0.6 is 0 Å². The Balaban J connectivity index is 0.00000289. The van der Waals surface area contributed by atoms with Crippen LogP contribution < -0.4 is 0 Å². The van der Waals surface area contributed by atoms with Crippen LogP contribution in [0.1, 0.15) is 51.6 Å². The summed E-state index contributed by atoms with van der Waals surface area (Å²) in [6.07, 6.45) is 2.75. The number of unbranched alkanes of at least 4 members (excludes halogenated alkanes) is 1. The smallest absolute Gasteiger partial charge is 0.336 e. The molecule has 1 aromatic carbocycles. The van der Waals surface area contributed by atoms with Gasteiger partial charge >= 0.3 is 11.9 Å². The maximum Gasteiger partial charge on any atom is 0.336 e. The molecule has 0 saturated carbocycles. The van der Waals surface area contributed by atoms with Crippen molar-refractivity contribution >= 4 is 11.9 Å². The fourth-order valence-corrected chi connectivity index (χ4v) is 1.84. The Bertz CT molecular complexity index is 455. The van der Waals surface area contributed by atoms with Gasteiger partial charge in [0.2, 0.25) is 0 Å². The van der Waals surface area contributed by atoms with Crippen LogP contribution in [0.2, 0.25) is 0 Å². The average molecular weight is 300 g/mol. The fourth-order valence-electron chi connectivity index (χ4n) is 1.84. The Labute approximate surface area is 116 Å². The molecule has 0 saturated heterocycles. The van der Waals surface area contributed by atoms with Crippen LogP contribution in [0.4, 0.5) is 0 Å². The van der Waals surface area contributed by atoms with E-state index in [-0.39, 0.29) is 28.2 Å². The third kappa shape index (κ3) is 3.86. The second kappa shape index (κ2) is 7.19. The van der Waals surface area contributed by atoms with Gasteiger partial charge in [0.15, 0.2) is 0 Å². The second-order valence-electron chi connectivity index (χ2n) is 4.05. The van der Waals surface area contributed by atoms with Crippen molar-refractivity contribution in [1.29, 1.82) is 0 Å². The van der Waals surface area contributed by atoms with Crippen LogP contribution in [0.5, 0.6) is 0 Å². The monoisotopic (exact) mass is 299 g/mol. The van der Waals surface area contributed by atoms with Gasteiger partial charge in [0, 0.05) is 17.1 Å². The number of carboxylic acid groups (broad SMARTS) is 2.